The van der Waals surface area contributed by atoms with Crippen molar-refractivity contribution in [1.82, 2.24) is 5.32 Å². The van der Waals surface area contributed by atoms with Crippen molar-refractivity contribution in [3.63, 3.8) is 0 Å². The van der Waals surface area contributed by atoms with Gasteiger partial charge in [-0.25, -0.2) is 4.39 Å². The molecule has 0 bridgehead atoms. The number of halogens is 3. The van der Waals surface area contributed by atoms with Gasteiger partial charge in [0, 0.05) is 22.3 Å². The maximum Gasteiger partial charge on any atom is 0.264 e. The van der Waals surface area contributed by atoms with Crippen LogP contribution in [0.4, 0.5) is 10.1 Å². The lowest BCUT2D eigenvalue weighted by atomic mass is 10.1. The van der Waals surface area contributed by atoms with Gasteiger partial charge in [0.05, 0.1) is 5.25 Å². The summed E-state index contributed by atoms with van der Waals surface area (Å²) in [7, 11) is 0. The first-order valence-electron chi connectivity index (χ1n) is 11.0. The molecule has 3 aromatic carbocycles. The van der Waals surface area contributed by atoms with Crippen LogP contribution < -0.4 is 10.2 Å². The summed E-state index contributed by atoms with van der Waals surface area (Å²) in [5.41, 5.74) is 1.88. The van der Waals surface area contributed by atoms with E-state index in [0.29, 0.717) is 34.3 Å². The highest BCUT2D eigenvalue weighted by Gasteiger charge is 2.41. The quantitative estimate of drug-likeness (QED) is 0.299. The van der Waals surface area contributed by atoms with Crippen molar-refractivity contribution in [2.24, 2.45) is 0 Å². The summed E-state index contributed by atoms with van der Waals surface area (Å²) in [6.07, 6.45) is 0.822. The SMILES string of the molecule is N#C/C(C(=O)NCCc1ccccc1)=C1/S[C@@H](Cc2cc(Cl)ccc2Cl)C(=O)N1c1ccc(F)cc1. The molecule has 1 fully saturated rings. The highest BCUT2D eigenvalue weighted by Crippen LogP contribution is 2.42. The highest BCUT2D eigenvalue weighted by atomic mass is 35.5. The van der Waals surface area contributed by atoms with Crippen LogP contribution in [0.15, 0.2) is 83.4 Å². The number of benzene rings is 3. The minimum atomic E-state index is -0.665. The maximum absolute atomic E-state index is 13.6. The molecule has 1 aliphatic rings. The van der Waals surface area contributed by atoms with Gasteiger partial charge in [0.25, 0.3) is 5.91 Å². The molecule has 2 amide bonds. The molecule has 1 heterocycles. The molecule has 36 heavy (non-hydrogen) atoms. The second kappa shape index (κ2) is 11.6. The zero-order valence-corrected chi connectivity index (χ0v) is 21.2. The fraction of sp³-hybridized carbons (Fsp3) is 0.148. The Kier molecular flexibility index (Phi) is 8.32. The summed E-state index contributed by atoms with van der Waals surface area (Å²) < 4.78 is 13.6. The van der Waals surface area contributed by atoms with Crippen LogP contribution in [-0.2, 0) is 22.4 Å². The molecule has 1 N–H and O–H groups in total. The van der Waals surface area contributed by atoms with E-state index < -0.39 is 17.0 Å². The average Bonchev–Trinajstić information content (AvgIpc) is 3.18. The molecule has 0 radical (unpaired) electrons. The molecule has 3 aromatic rings. The number of rotatable bonds is 7. The Morgan fingerprint density at radius 2 is 1.81 bits per heavy atom. The van der Waals surface area contributed by atoms with E-state index in [9.17, 15) is 19.2 Å². The molecular weight excluding hydrogens is 520 g/mol. The predicted molar refractivity (Wildman–Crippen MR) is 141 cm³/mol. The number of carbonyl (C=O) groups is 2. The number of amides is 2. The summed E-state index contributed by atoms with van der Waals surface area (Å²) in [5, 5.41) is 13.1. The number of carbonyl (C=O) groups excluding carboxylic acids is 2. The first-order valence-corrected chi connectivity index (χ1v) is 12.7. The topological polar surface area (TPSA) is 73.2 Å². The second-order valence-corrected chi connectivity index (χ2v) is 10.0. The third kappa shape index (κ3) is 5.90. The first-order chi connectivity index (χ1) is 17.4. The van der Waals surface area contributed by atoms with E-state index in [1.165, 1.54) is 29.2 Å². The van der Waals surface area contributed by atoms with Crippen LogP contribution in [-0.4, -0.2) is 23.6 Å². The van der Waals surface area contributed by atoms with Crippen molar-refractivity contribution in [1.29, 1.82) is 5.26 Å². The van der Waals surface area contributed by atoms with Gasteiger partial charge in [0.2, 0.25) is 5.91 Å². The van der Waals surface area contributed by atoms with Crippen LogP contribution in [0.5, 0.6) is 0 Å². The third-order valence-corrected chi connectivity index (χ3v) is 7.41. The van der Waals surface area contributed by atoms with Gasteiger partial charge in [-0.15, -0.1) is 0 Å². The maximum atomic E-state index is 13.6. The summed E-state index contributed by atoms with van der Waals surface area (Å²) in [6.45, 7) is 0.317. The number of nitrogens with one attached hydrogen (secondary N) is 1. The Bertz CT molecular complexity index is 1360. The second-order valence-electron chi connectivity index (χ2n) is 7.98. The average molecular weight is 540 g/mol. The summed E-state index contributed by atoms with van der Waals surface area (Å²) in [6, 6.07) is 21.9. The van der Waals surface area contributed by atoms with Crippen LogP contribution in [0.25, 0.3) is 0 Å². The van der Waals surface area contributed by atoms with E-state index >= 15 is 0 Å². The van der Waals surface area contributed by atoms with Crippen LogP contribution >= 0.6 is 35.0 Å². The van der Waals surface area contributed by atoms with E-state index in [1.807, 2.05) is 36.4 Å². The molecule has 1 atom stereocenters. The molecule has 1 saturated heterocycles. The summed E-state index contributed by atoms with van der Waals surface area (Å²) >= 11 is 13.5. The van der Waals surface area contributed by atoms with Crippen LogP contribution in [0.1, 0.15) is 11.1 Å². The zero-order valence-electron chi connectivity index (χ0n) is 18.9. The van der Waals surface area contributed by atoms with Crippen molar-refractivity contribution in [2.45, 2.75) is 18.1 Å². The molecule has 0 aromatic heterocycles. The zero-order chi connectivity index (χ0) is 25.7. The minimum Gasteiger partial charge on any atom is -0.351 e. The van der Waals surface area contributed by atoms with E-state index in [1.54, 1.807) is 18.2 Å². The number of hydrogen-bond donors (Lipinski definition) is 1. The van der Waals surface area contributed by atoms with E-state index in [4.69, 9.17) is 23.2 Å². The Hall–Kier alpha value is -3.31. The Labute approximate surface area is 222 Å². The summed E-state index contributed by atoms with van der Waals surface area (Å²) in [5.74, 6) is -1.40. The van der Waals surface area contributed by atoms with Gasteiger partial charge in [-0.3, -0.25) is 14.5 Å². The Morgan fingerprint density at radius 1 is 1.08 bits per heavy atom. The van der Waals surface area contributed by atoms with E-state index in [2.05, 4.69) is 5.32 Å². The van der Waals surface area contributed by atoms with E-state index in [-0.39, 0.29) is 22.9 Å². The molecule has 182 valence electrons. The lowest BCUT2D eigenvalue weighted by molar-refractivity contribution is -0.117. The molecule has 1 aliphatic heterocycles. The van der Waals surface area contributed by atoms with Crippen LogP contribution in [0, 0.1) is 17.1 Å². The van der Waals surface area contributed by atoms with Crippen molar-refractivity contribution < 1.29 is 14.0 Å². The Morgan fingerprint density at radius 3 is 2.50 bits per heavy atom. The molecule has 0 spiro atoms. The predicted octanol–water partition coefficient (Wildman–Crippen LogP) is 5.92. The molecule has 4 rings (SSSR count). The highest BCUT2D eigenvalue weighted by molar-refractivity contribution is 8.05. The smallest absolute Gasteiger partial charge is 0.264 e. The van der Waals surface area contributed by atoms with Crippen LogP contribution in [0.2, 0.25) is 10.0 Å². The fourth-order valence-corrected chi connectivity index (χ4v) is 5.45. The van der Waals surface area contributed by atoms with Gasteiger partial charge in [0.15, 0.2) is 0 Å². The van der Waals surface area contributed by atoms with Crippen LogP contribution in [0.3, 0.4) is 0 Å². The third-order valence-electron chi connectivity index (χ3n) is 5.55. The number of hydrogen-bond acceptors (Lipinski definition) is 4. The number of nitrogens with zero attached hydrogens (tertiary/aromatic N) is 2. The normalized spacial score (nSPS) is 16.6. The van der Waals surface area contributed by atoms with Gasteiger partial charge < -0.3 is 5.32 Å². The standard InChI is InChI=1S/C27H20Cl2FN3O2S/c28-19-6-11-23(29)18(14-19)15-24-26(35)33(21-9-7-20(30)8-10-21)27(36-24)22(16-31)25(34)32-13-12-17-4-2-1-3-5-17/h1-11,14,24H,12-13,15H2,(H,32,34)/b27-22-/t24-/m0/s1. The monoisotopic (exact) mass is 539 g/mol. The van der Waals surface area contributed by atoms with Crippen molar-refractivity contribution in [3.05, 3.63) is 110 Å². The van der Waals surface area contributed by atoms with Crippen molar-refractivity contribution >= 4 is 52.5 Å². The Balaban J connectivity index is 1.64. The lowest BCUT2D eigenvalue weighted by Gasteiger charge is -2.18. The van der Waals surface area contributed by atoms with E-state index in [0.717, 1.165) is 17.3 Å². The number of nitriles is 1. The van der Waals surface area contributed by atoms with Gasteiger partial charge in [-0.1, -0.05) is 65.3 Å². The minimum absolute atomic E-state index is 0.189. The molecule has 0 saturated carbocycles. The van der Waals surface area contributed by atoms with Crippen molar-refractivity contribution in [2.75, 3.05) is 11.4 Å². The molecule has 5 nitrogen and oxygen atoms in total. The molecule has 0 aliphatic carbocycles. The first kappa shape index (κ1) is 25.8. The summed E-state index contributed by atoms with van der Waals surface area (Å²) in [4.78, 5) is 27.8. The molecule has 0 unspecified atom stereocenters. The van der Waals surface area contributed by atoms with Gasteiger partial charge in [-0.05, 0) is 66.4 Å². The van der Waals surface area contributed by atoms with Gasteiger partial charge in [-0.2, -0.15) is 5.26 Å². The fourth-order valence-electron chi connectivity index (χ4n) is 3.76. The lowest BCUT2D eigenvalue weighted by Crippen LogP contribution is -2.32. The number of anilines is 1. The largest absolute Gasteiger partial charge is 0.351 e. The van der Waals surface area contributed by atoms with Crippen molar-refractivity contribution in [3.8, 4) is 6.07 Å². The van der Waals surface area contributed by atoms with Gasteiger partial charge in [0.1, 0.15) is 22.5 Å². The molecular formula is C27H20Cl2FN3O2S. The van der Waals surface area contributed by atoms with Gasteiger partial charge >= 0.3 is 0 Å². The number of thioether (sulfide) groups is 1. The molecule has 9 heteroatoms.